The van der Waals surface area contributed by atoms with Gasteiger partial charge in [-0.3, -0.25) is 0 Å². The minimum Gasteiger partial charge on any atom is -0.479 e. The molecule has 5 aliphatic heterocycles. The molecule has 5 heterocycles. The summed E-state index contributed by atoms with van der Waals surface area (Å²) in [4.78, 5) is 27.2. The average molecular weight is 1350 g/mol. The van der Waals surface area contributed by atoms with Crippen molar-refractivity contribution in [2.24, 2.45) is 56.2 Å². The molecule has 29 heteroatoms. The molecular formula is C65H104O29. The zero-order valence-electron chi connectivity index (χ0n) is 55.0. The van der Waals surface area contributed by atoms with Crippen LogP contribution in [0.5, 0.6) is 0 Å². The number of allylic oxidation sites excluding steroid dienone is 3. The molecule has 5 saturated heterocycles. The standard InChI is InChI=1S/C65H104O29/c1-11-25(2)55(84)90-36-20-59(4,5)18-29-27-12-13-34-61(8)16-14-28(60(6,7)33(61)15-17-62(34,9)63(27,10)19-35(70)64(29,36)24-69)47-51(93-56-45(79)42(76)39(73)31(22-67)88-56)48(46(80)49(91-47)54(82)83)92-57-50(43(77)40(74)32(23-68)89-57)94-58-65(85,52(81)37(71)26(3)86-58)53-44(78)41(75)38(72)30(21-66)87-53/h11-12,26,28-53,56-58,66-81,85H,13-24H2,1-10H3,(H,82,83)/b25-11-/t26-,28+,29-,30+,31+,32+,33-,34+,35+,36-,37-,38+,39+,40-,41-,42-,43-,44+,45+,46-,47-,48-,49-,50+,51-,52+,53+,56-,57-,58-,61-,62+,63+,64-,65-/m0/s1. The lowest BCUT2D eigenvalue weighted by atomic mass is 9.32. The number of aliphatic hydroxyl groups is 17. The fourth-order valence-electron chi connectivity index (χ4n) is 19.7. The third-order valence-electron chi connectivity index (χ3n) is 25.4. The second-order valence-corrected chi connectivity index (χ2v) is 31.0. The number of aliphatic hydroxyl groups excluding tert-OH is 16. The van der Waals surface area contributed by atoms with Crippen molar-refractivity contribution in [2.45, 2.75) is 285 Å². The Morgan fingerprint density at radius 2 is 1.21 bits per heavy atom. The van der Waals surface area contributed by atoms with Gasteiger partial charge >= 0.3 is 11.9 Å². The van der Waals surface area contributed by atoms with Gasteiger partial charge in [0.1, 0.15) is 116 Å². The molecule has 5 aliphatic carbocycles. The predicted octanol–water partition coefficient (Wildman–Crippen LogP) is -3.50. The SMILES string of the molecule is C/C=C(/C)C(=O)O[C@H]1CC(C)(C)C[C@H]2C3=CC[C@@H]4[C@@]5(C)CC[C@H]([C@@H]6O[C@H](C(=O)O)[C@@H](O)[C@H](O[C@@H]7O[C@H](CO)[C@H](O)[C@H](O)[C@H]7O[C@@H]7O[C@@H](C)[C@H](O)[C@@H](O)[C@]7(O)[C@@H]7O[C@H](CO)[C@@H](O)[C@H](O)[C@H]7O)[C@H]6O[C@@H]6O[C@H](CO)[C@@H](O)[C@H](O)[C@H]6O)C(C)(C)[C@@H]5CC[C@@]4(C)[C@]3(C)C[C@@H](O)[C@@]12CO. The molecule has 18 N–H and O–H groups in total. The third kappa shape index (κ3) is 11.6. The summed E-state index contributed by atoms with van der Waals surface area (Å²) in [6, 6.07) is 0. The van der Waals surface area contributed by atoms with Crippen molar-refractivity contribution in [3.05, 3.63) is 23.3 Å². The number of aliphatic carboxylic acids is 1. The van der Waals surface area contributed by atoms with Crippen LogP contribution in [0.1, 0.15) is 121 Å². The predicted molar refractivity (Wildman–Crippen MR) is 319 cm³/mol. The van der Waals surface area contributed by atoms with Gasteiger partial charge in [0.2, 0.25) is 0 Å². The van der Waals surface area contributed by atoms with E-state index < -0.39 is 236 Å². The van der Waals surface area contributed by atoms with Crippen molar-refractivity contribution in [3.63, 3.8) is 0 Å². The van der Waals surface area contributed by atoms with Gasteiger partial charge in [0, 0.05) is 5.57 Å². The van der Waals surface area contributed by atoms with Crippen molar-refractivity contribution in [2.75, 3.05) is 26.4 Å². The maximum absolute atomic E-state index is 13.6. The van der Waals surface area contributed by atoms with E-state index in [1.165, 1.54) is 6.92 Å². The van der Waals surface area contributed by atoms with Crippen LogP contribution >= 0.6 is 0 Å². The highest BCUT2D eigenvalue weighted by Gasteiger charge is 2.74. The van der Waals surface area contributed by atoms with Crippen molar-refractivity contribution in [1.29, 1.82) is 0 Å². The number of rotatable bonds is 15. The van der Waals surface area contributed by atoms with Crippen LogP contribution in [0.4, 0.5) is 0 Å². The number of carboxylic acid groups (broad SMARTS) is 1. The summed E-state index contributed by atoms with van der Waals surface area (Å²) < 4.78 is 55.9. The van der Waals surface area contributed by atoms with Crippen LogP contribution in [0, 0.1) is 56.2 Å². The molecule has 9 fully saturated rings. The quantitative estimate of drug-likeness (QED) is 0.0430. The molecule has 0 aromatic rings. The van der Waals surface area contributed by atoms with Gasteiger partial charge < -0.3 is 135 Å². The normalized spacial score (nSPS) is 53.4. The molecule has 0 aromatic carbocycles. The molecule has 0 aromatic heterocycles. The number of fused-ring (bicyclic) bond motifs is 7. The molecular weight excluding hydrogens is 1240 g/mol. The van der Waals surface area contributed by atoms with E-state index in [9.17, 15) is 102 Å². The minimum absolute atomic E-state index is 0.0530. The average Bonchev–Trinajstić information content (AvgIpc) is 0.671. The van der Waals surface area contributed by atoms with Gasteiger partial charge in [0.05, 0.1) is 50.2 Å². The summed E-state index contributed by atoms with van der Waals surface area (Å²) in [6.45, 7) is 16.2. The zero-order chi connectivity index (χ0) is 69.4. The molecule has 0 bridgehead atoms. The summed E-state index contributed by atoms with van der Waals surface area (Å²) in [5, 5.41) is 205. The Morgan fingerprint density at radius 3 is 1.81 bits per heavy atom. The Kier molecular flexibility index (Phi) is 21.1. The number of carbonyl (C=O) groups excluding carboxylic acids is 1. The highest BCUT2D eigenvalue weighted by atomic mass is 16.8. The van der Waals surface area contributed by atoms with E-state index in [1.54, 1.807) is 19.9 Å². The van der Waals surface area contributed by atoms with Crippen LogP contribution < -0.4 is 0 Å². The lowest BCUT2D eigenvalue weighted by molar-refractivity contribution is -0.419. The molecule has 29 nitrogen and oxygen atoms in total. The van der Waals surface area contributed by atoms with Crippen LogP contribution in [-0.2, 0) is 52.2 Å². The van der Waals surface area contributed by atoms with Gasteiger partial charge in [0.25, 0.3) is 0 Å². The Morgan fingerprint density at radius 1 is 0.628 bits per heavy atom. The first kappa shape index (κ1) is 74.1. The summed E-state index contributed by atoms with van der Waals surface area (Å²) in [5.41, 5.74) is -5.82. The van der Waals surface area contributed by atoms with Crippen LogP contribution in [0.25, 0.3) is 0 Å². The molecule has 35 atom stereocenters. The molecule has 4 saturated carbocycles. The van der Waals surface area contributed by atoms with E-state index in [-0.39, 0.29) is 36.0 Å². The number of carboxylic acids is 1. The first-order valence-electron chi connectivity index (χ1n) is 33.2. The summed E-state index contributed by atoms with van der Waals surface area (Å²) in [6.07, 6.45) is -43.5. The lowest BCUT2D eigenvalue weighted by Gasteiger charge is -2.72. The molecule has 10 rings (SSSR count). The van der Waals surface area contributed by atoms with Crippen molar-refractivity contribution < 1.29 is 144 Å². The molecule has 538 valence electrons. The molecule has 0 unspecified atom stereocenters. The van der Waals surface area contributed by atoms with Crippen LogP contribution in [0.3, 0.4) is 0 Å². The van der Waals surface area contributed by atoms with Crippen molar-refractivity contribution in [3.8, 4) is 0 Å². The van der Waals surface area contributed by atoms with Gasteiger partial charge in [-0.05, 0) is 123 Å². The maximum atomic E-state index is 13.6. The van der Waals surface area contributed by atoms with E-state index in [0.717, 1.165) is 5.57 Å². The monoisotopic (exact) mass is 1350 g/mol. The second-order valence-electron chi connectivity index (χ2n) is 31.0. The molecule has 0 radical (unpaired) electrons. The Labute approximate surface area is 545 Å². The molecule has 94 heavy (non-hydrogen) atoms. The largest absolute Gasteiger partial charge is 0.479 e. The fraction of sp³-hybridized carbons (Fsp3) is 0.908. The van der Waals surface area contributed by atoms with Gasteiger partial charge in [0.15, 0.2) is 30.6 Å². The topological polar surface area (TPSA) is 481 Å². The number of hydrogen-bond donors (Lipinski definition) is 18. The molecule has 0 amide bonds. The van der Waals surface area contributed by atoms with Crippen LogP contribution in [-0.4, -0.2) is 295 Å². The number of esters is 1. The highest BCUT2D eigenvalue weighted by molar-refractivity contribution is 5.87. The fourth-order valence-corrected chi connectivity index (χ4v) is 19.7. The molecule has 10 aliphatic rings. The van der Waals surface area contributed by atoms with Crippen molar-refractivity contribution >= 4 is 11.9 Å². The van der Waals surface area contributed by atoms with E-state index in [4.69, 9.17) is 42.6 Å². The van der Waals surface area contributed by atoms with Crippen LogP contribution in [0.2, 0.25) is 0 Å². The number of ether oxygens (including phenoxy) is 9. The van der Waals surface area contributed by atoms with Gasteiger partial charge in [-0.2, -0.15) is 0 Å². The lowest BCUT2D eigenvalue weighted by Crippen LogP contribution is -2.77. The van der Waals surface area contributed by atoms with Crippen LogP contribution in [0.15, 0.2) is 23.3 Å². The Balaban J connectivity index is 1.03. The Hall–Kier alpha value is -2.58. The first-order chi connectivity index (χ1) is 43.9. The maximum Gasteiger partial charge on any atom is 0.335 e. The number of carbonyl (C=O) groups is 2. The second kappa shape index (κ2) is 26.7. The minimum atomic E-state index is -3.26. The summed E-state index contributed by atoms with van der Waals surface area (Å²) in [5.74, 6) is -3.65. The summed E-state index contributed by atoms with van der Waals surface area (Å²) >= 11 is 0. The number of hydrogen-bond acceptors (Lipinski definition) is 28. The van der Waals surface area contributed by atoms with Gasteiger partial charge in [-0.1, -0.05) is 66.2 Å². The Bertz CT molecular complexity index is 2770. The smallest absolute Gasteiger partial charge is 0.335 e. The summed E-state index contributed by atoms with van der Waals surface area (Å²) in [7, 11) is 0. The first-order valence-corrected chi connectivity index (χ1v) is 33.2. The molecule has 0 spiro atoms. The highest BCUT2D eigenvalue weighted by Crippen LogP contribution is 2.77. The van der Waals surface area contributed by atoms with Gasteiger partial charge in [-0.25, -0.2) is 9.59 Å². The van der Waals surface area contributed by atoms with Crippen molar-refractivity contribution in [1.82, 2.24) is 0 Å². The van der Waals surface area contributed by atoms with Gasteiger partial charge in [-0.15, -0.1) is 0 Å². The third-order valence-corrected chi connectivity index (χ3v) is 25.4. The van der Waals surface area contributed by atoms with E-state index in [0.29, 0.717) is 44.1 Å². The van der Waals surface area contributed by atoms with E-state index >= 15 is 0 Å². The van der Waals surface area contributed by atoms with E-state index in [2.05, 4.69) is 40.7 Å². The van der Waals surface area contributed by atoms with E-state index in [1.807, 2.05) is 13.8 Å². The zero-order valence-corrected chi connectivity index (χ0v) is 55.0.